The predicted molar refractivity (Wildman–Crippen MR) is 54.4 cm³/mol. The van der Waals surface area contributed by atoms with E-state index in [-0.39, 0.29) is 6.42 Å². The number of ether oxygens (including phenoxy) is 2. The van der Waals surface area contributed by atoms with Crippen LogP contribution in [-0.2, 0) is 9.47 Å². The lowest BCUT2D eigenvalue weighted by Gasteiger charge is -2.31. The molecule has 0 unspecified atom stereocenters. The second-order valence-corrected chi connectivity index (χ2v) is 4.59. The maximum absolute atomic E-state index is 12.7. The molecule has 0 N–H and O–H groups in total. The molecule has 1 rings (SSSR count). The van der Waals surface area contributed by atoms with Crippen molar-refractivity contribution in [3.8, 4) is 0 Å². The first-order chi connectivity index (χ1) is 8.55. The summed E-state index contributed by atoms with van der Waals surface area (Å²) in [6.45, 7) is 3.04. The molecule has 0 aromatic heterocycles. The molecule has 114 valence electrons. The zero-order valence-corrected chi connectivity index (χ0v) is 10.6. The van der Waals surface area contributed by atoms with E-state index in [0.29, 0.717) is 6.42 Å². The van der Waals surface area contributed by atoms with Gasteiger partial charge in [0.05, 0.1) is 12.2 Å². The Morgan fingerprint density at radius 2 is 1.47 bits per heavy atom. The Balaban J connectivity index is 2.87. The number of halogens is 6. The highest BCUT2D eigenvalue weighted by atomic mass is 19.4. The van der Waals surface area contributed by atoms with E-state index in [1.165, 1.54) is 0 Å². The van der Waals surface area contributed by atoms with E-state index in [2.05, 4.69) is 9.47 Å². The van der Waals surface area contributed by atoms with Crippen LogP contribution in [0.2, 0.25) is 0 Å². The van der Waals surface area contributed by atoms with Crippen LogP contribution in [0.15, 0.2) is 0 Å². The molecule has 0 spiro atoms. The molecule has 0 aromatic carbocycles. The fourth-order valence-electron chi connectivity index (χ4n) is 1.99. The molecule has 1 aliphatic rings. The molecule has 0 aliphatic carbocycles. The van der Waals surface area contributed by atoms with Gasteiger partial charge in [-0.05, 0) is 13.3 Å². The van der Waals surface area contributed by atoms with Crippen LogP contribution in [0.1, 0.15) is 39.5 Å². The van der Waals surface area contributed by atoms with Gasteiger partial charge in [-0.3, -0.25) is 0 Å². The number of unbranched alkanes of at least 4 members (excludes halogenated alkanes) is 2. The van der Waals surface area contributed by atoms with Gasteiger partial charge in [0.1, 0.15) is 0 Å². The van der Waals surface area contributed by atoms with Crippen molar-refractivity contribution in [2.45, 2.75) is 69.9 Å². The molecule has 0 radical (unpaired) electrons. The van der Waals surface area contributed by atoms with E-state index >= 15 is 0 Å². The van der Waals surface area contributed by atoms with Gasteiger partial charge in [0.15, 0.2) is 0 Å². The molecule has 19 heavy (non-hydrogen) atoms. The summed E-state index contributed by atoms with van der Waals surface area (Å²) >= 11 is 0. The Hall–Kier alpha value is -0.500. The van der Waals surface area contributed by atoms with Crippen LogP contribution in [0.3, 0.4) is 0 Å². The molecule has 0 aromatic rings. The Morgan fingerprint density at radius 3 is 1.84 bits per heavy atom. The number of hydrogen-bond acceptors (Lipinski definition) is 2. The third-order valence-electron chi connectivity index (χ3n) is 3.03. The molecule has 8 heteroatoms. The van der Waals surface area contributed by atoms with Crippen LogP contribution < -0.4 is 0 Å². The van der Waals surface area contributed by atoms with Crippen molar-refractivity contribution in [3.63, 3.8) is 0 Å². The van der Waals surface area contributed by atoms with E-state index in [1.54, 1.807) is 0 Å². The maximum Gasteiger partial charge on any atom is 0.453 e. The minimum Gasteiger partial charge on any atom is -0.330 e. The van der Waals surface area contributed by atoms with E-state index in [9.17, 15) is 26.3 Å². The molecule has 1 heterocycles. The molecule has 0 bridgehead atoms. The van der Waals surface area contributed by atoms with Gasteiger partial charge >= 0.3 is 18.1 Å². The molecule has 1 saturated heterocycles. The highest BCUT2D eigenvalue weighted by Crippen LogP contribution is 2.52. The predicted octanol–water partition coefficient (Wildman–Crippen LogP) is 4.19. The topological polar surface area (TPSA) is 18.5 Å². The molecule has 2 atom stereocenters. The van der Waals surface area contributed by atoms with Crippen LogP contribution in [-0.4, -0.2) is 30.3 Å². The lowest BCUT2D eigenvalue weighted by Crippen LogP contribution is -2.58. The maximum atomic E-state index is 12.7. The van der Waals surface area contributed by atoms with Crippen LogP contribution >= 0.6 is 0 Å². The van der Waals surface area contributed by atoms with Crippen molar-refractivity contribution in [2.75, 3.05) is 0 Å². The summed E-state index contributed by atoms with van der Waals surface area (Å²) in [4.78, 5) is 0. The highest BCUT2D eigenvalue weighted by Gasteiger charge is 2.78. The van der Waals surface area contributed by atoms with Gasteiger partial charge in [-0.2, -0.15) is 26.3 Å². The molecule has 2 nitrogen and oxygen atoms in total. The molecular formula is C11H16F6O2. The molecule has 1 aliphatic heterocycles. The fourth-order valence-corrected chi connectivity index (χ4v) is 1.99. The van der Waals surface area contributed by atoms with Crippen LogP contribution in [0.25, 0.3) is 0 Å². The second-order valence-electron chi connectivity index (χ2n) is 4.59. The van der Waals surface area contributed by atoms with Gasteiger partial charge in [0, 0.05) is 0 Å². The van der Waals surface area contributed by atoms with Gasteiger partial charge in [-0.1, -0.05) is 26.2 Å². The van der Waals surface area contributed by atoms with Gasteiger partial charge in [-0.25, -0.2) is 0 Å². The smallest absolute Gasteiger partial charge is 0.330 e. The molecule has 1 fully saturated rings. The average molecular weight is 294 g/mol. The Morgan fingerprint density at radius 1 is 0.947 bits per heavy atom. The molecule has 0 amide bonds. The largest absolute Gasteiger partial charge is 0.453 e. The average Bonchev–Trinajstić information content (AvgIpc) is 2.56. The number of alkyl halides is 6. The Labute approximate surface area is 107 Å². The first-order valence-corrected chi connectivity index (χ1v) is 6.04. The van der Waals surface area contributed by atoms with Gasteiger partial charge < -0.3 is 9.47 Å². The SMILES string of the molecule is CCCCC[C@H]1OC(C(F)(F)F)(C(F)(F)F)O[C@H]1C. The van der Waals surface area contributed by atoms with Gasteiger partial charge in [0.25, 0.3) is 0 Å². The molecular weight excluding hydrogens is 278 g/mol. The van der Waals surface area contributed by atoms with E-state index in [4.69, 9.17) is 0 Å². The van der Waals surface area contributed by atoms with Crippen molar-refractivity contribution >= 4 is 0 Å². The van der Waals surface area contributed by atoms with Crippen LogP contribution in [0.4, 0.5) is 26.3 Å². The van der Waals surface area contributed by atoms with Crippen LogP contribution in [0.5, 0.6) is 0 Å². The van der Waals surface area contributed by atoms with Gasteiger partial charge in [-0.15, -0.1) is 0 Å². The van der Waals surface area contributed by atoms with E-state index in [1.807, 2.05) is 6.92 Å². The van der Waals surface area contributed by atoms with Crippen molar-refractivity contribution in [2.24, 2.45) is 0 Å². The first-order valence-electron chi connectivity index (χ1n) is 6.04. The minimum absolute atomic E-state index is 0.114. The van der Waals surface area contributed by atoms with Gasteiger partial charge in [0.2, 0.25) is 0 Å². The summed E-state index contributed by atoms with van der Waals surface area (Å²) in [7, 11) is 0. The zero-order valence-electron chi connectivity index (χ0n) is 10.6. The monoisotopic (exact) mass is 294 g/mol. The highest BCUT2D eigenvalue weighted by molar-refractivity contribution is 4.95. The molecule has 0 saturated carbocycles. The standard InChI is InChI=1S/C11H16F6O2/c1-3-4-5-6-8-7(2)18-9(19-8,10(12,13)14)11(15,16)17/h7-8H,3-6H2,1-2H3/t7-,8+/m0/s1. The minimum atomic E-state index is -5.65. The summed E-state index contributed by atoms with van der Waals surface area (Å²) in [6.07, 6.45) is -11.6. The third kappa shape index (κ3) is 3.16. The van der Waals surface area contributed by atoms with E-state index in [0.717, 1.165) is 19.8 Å². The lowest BCUT2D eigenvalue weighted by atomic mass is 10.1. The summed E-state index contributed by atoms with van der Waals surface area (Å²) in [5, 5.41) is 0. The summed E-state index contributed by atoms with van der Waals surface area (Å²) < 4.78 is 84.5. The number of hydrogen-bond donors (Lipinski definition) is 0. The summed E-state index contributed by atoms with van der Waals surface area (Å²) in [5.41, 5.74) is 0. The first kappa shape index (κ1) is 16.6. The Bertz CT molecular complexity index is 285. The lowest BCUT2D eigenvalue weighted by molar-refractivity contribution is -0.445. The third-order valence-corrected chi connectivity index (χ3v) is 3.03. The van der Waals surface area contributed by atoms with Crippen molar-refractivity contribution in [1.82, 2.24) is 0 Å². The van der Waals surface area contributed by atoms with Crippen molar-refractivity contribution < 1.29 is 35.8 Å². The zero-order chi connectivity index (χ0) is 14.9. The van der Waals surface area contributed by atoms with E-state index < -0.39 is 30.3 Å². The quantitative estimate of drug-likeness (QED) is 0.571. The fraction of sp³-hybridized carbons (Fsp3) is 1.00. The summed E-state index contributed by atoms with van der Waals surface area (Å²) in [6, 6.07) is 0. The normalized spacial score (nSPS) is 27.8. The number of rotatable bonds is 4. The summed E-state index contributed by atoms with van der Waals surface area (Å²) in [5.74, 6) is -4.49. The van der Waals surface area contributed by atoms with Crippen molar-refractivity contribution in [1.29, 1.82) is 0 Å². The Kier molecular flexibility index (Phi) is 4.77. The second kappa shape index (κ2) is 5.47. The van der Waals surface area contributed by atoms with Crippen molar-refractivity contribution in [3.05, 3.63) is 0 Å². The van der Waals surface area contributed by atoms with Crippen LogP contribution in [0, 0.1) is 0 Å².